The Kier molecular flexibility index (Phi) is 14.0. The number of nitrogens with one attached hydrogen (secondary N) is 4. The molecule has 14 nitrogen and oxygen atoms in total. The van der Waals surface area contributed by atoms with E-state index >= 15 is 0 Å². The number of amides is 2. The minimum Gasteiger partial charge on any atom is -0.356 e. The lowest BCUT2D eigenvalue weighted by Crippen LogP contribution is -2.38. The molecular weight excluding hydrogens is 765 g/mol. The fourth-order valence-electron chi connectivity index (χ4n) is 6.50. The lowest BCUT2D eigenvalue weighted by molar-refractivity contribution is -0.721. The highest BCUT2D eigenvalue weighted by Crippen LogP contribution is 2.24. The third-order valence-corrected chi connectivity index (χ3v) is 9.47. The highest BCUT2D eigenvalue weighted by atomic mass is 16.2. The van der Waals surface area contributed by atoms with Gasteiger partial charge in [-0.2, -0.15) is 0 Å². The number of imidazole rings is 1. The van der Waals surface area contributed by atoms with Crippen molar-refractivity contribution in [2.75, 3.05) is 21.3 Å². The summed E-state index contributed by atoms with van der Waals surface area (Å²) >= 11 is 0. The molecule has 7 aromatic rings. The molecule has 0 radical (unpaired) electrons. The molecule has 14 heteroatoms. The smallest absolute Gasteiger partial charge is 0.350 e. The third-order valence-electron chi connectivity index (χ3n) is 9.47. The van der Waals surface area contributed by atoms with Gasteiger partial charge in [0.2, 0.25) is 18.1 Å². The molecule has 0 aliphatic rings. The summed E-state index contributed by atoms with van der Waals surface area (Å²) in [6.07, 6.45) is 12.3. The summed E-state index contributed by atoms with van der Waals surface area (Å²) < 4.78 is 8.69. The molecule has 0 saturated carbocycles. The van der Waals surface area contributed by atoms with Gasteiger partial charge in [-0.15, -0.1) is 0 Å². The second-order valence-electron chi connectivity index (χ2n) is 14.4. The Labute approximate surface area is 355 Å². The number of hydrogen-bond donors (Lipinski definition) is 4. The molecule has 2 amide bonds. The van der Waals surface area contributed by atoms with Crippen molar-refractivity contribution < 1.29 is 23.3 Å². The second-order valence-corrected chi connectivity index (χ2v) is 14.4. The first-order valence-electron chi connectivity index (χ1n) is 20.2. The molecule has 4 aromatic carbocycles. The maximum absolute atomic E-state index is 11.3. The highest BCUT2D eigenvalue weighted by Gasteiger charge is 2.13. The number of nitrogens with zero attached hydrogens (tertiary/aromatic N) is 8. The van der Waals surface area contributed by atoms with Gasteiger partial charge in [0.25, 0.3) is 0 Å². The van der Waals surface area contributed by atoms with Crippen molar-refractivity contribution in [2.45, 2.75) is 52.9 Å². The minimum absolute atomic E-state index is 0.0971. The van der Waals surface area contributed by atoms with Gasteiger partial charge in [0.05, 0.1) is 48.8 Å². The average Bonchev–Trinajstić information content (AvgIpc) is 3.72. The van der Waals surface area contributed by atoms with Gasteiger partial charge in [-0.25, -0.2) is 18.3 Å². The van der Waals surface area contributed by atoms with Gasteiger partial charge in [-0.05, 0) is 119 Å². The van der Waals surface area contributed by atoms with Gasteiger partial charge in [-0.3, -0.25) is 9.59 Å². The van der Waals surface area contributed by atoms with E-state index in [4.69, 9.17) is 0 Å². The number of benzene rings is 4. The van der Waals surface area contributed by atoms with E-state index in [0.29, 0.717) is 0 Å². The molecule has 7 rings (SSSR count). The van der Waals surface area contributed by atoms with Crippen LogP contribution in [0.25, 0.3) is 0 Å². The Hall–Kier alpha value is -7.87. The van der Waals surface area contributed by atoms with Crippen molar-refractivity contribution in [2.24, 2.45) is 20.5 Å². The summed E-state index contributed by atoms with van der Waals surface area (Å²) in [6.45, 7) is 6.33. The molecule has 3 heterocycles. The van der Waals surface area contributed by atoms with Gasteiger partial charge >= 0.3 is 11.6 Å². The summed E-state index contributed by atoms with van der Waals surface area (Å²) in [5, 5.41) is 30.4. The van der Waals surface area contributed by atoms with Crippen LogP contribution in [0.2, 0.25) is 0 Å². The van der Waals surface area contributed by atoms with Crippen LogP contribution < -0.4 is 35.0 Å². The van der Waals surface area contributed by atoms with Crippen molar-refractivity contribution in [3.8, 4) is 0 Å². The topological polar surface area (TPSA) is 148 Å². The molecule has 0 saturated heterocycles. The van der Waals surface area contributed by atoms with Crippen LogP contribution in [-0.4, -0.2) is 16.4 Å². The summed E-state index contributed by atoms with van der Waals surface area (Å²) in [7, 11) is 0. The van der Waals surface area contributed by atoms with Crippen LogP contribution in [0.1, 0.15) is 26.7 Å². The van der Waals surface area contributed by atoms with Gasteiger partial charge in [0, 0.05) is 72.9 Å². The van der Waals surface area contributed by atoms with Gasteiger partial charge in [0.1, 0.15) is 23.8 Å². The quantitative estimate of drug-likeness (QED) is 0.0504. The van der Waals surface area contributed by atoms with E-state index < -0.39 is 0 Å². The maximum atomic E-state index is 11.3. The van der Waals surface area contributed by atoms with Crippen molar-refractivity contribution in [3.63, 3.8) is 0 Å². The number of hydrogen-bond acceptors (Lipinski definition) is 8. The number of rotatable bonds is 18. The predicted molar refractivity (Wildman–Crippen MR) is 236 cm³/mol. The molecule has 0 atom stereocenters. The number of azo groups is 2. The number of anilines is 6. The fraction of sp³-hybridized carbons (Fsp3) is 0.170. The first kappa shape index (κ1) is 41.3. The lowest BCUT2D eigenvalue weighted by atomic mass is 10.2. The third kappa shape index (κ3) is 12.8. The van der Waals surface area contributed by atoms with Crippen LogP contribution in [0.4, 0.5) is 57.1 Å². The molecule has 0 aliphatic carbocycles. The summed E-state index contributed by atoms with van der Waals surface area (Å²) in [6, 6.07) is 42.6. The molecular formula is C47H49N12O2+3. The SMILES string of the molecule is CC(=O)Nc1ccc(Nc2ccc(/N=N/c3cccc[n+]3CCCn3cc[n+](CCC[n+]4ccccc4/N=N/c4ccc(Nc5ccc(NC(C)=O)cc5)cc4)c3)cc2)cc1. The molecule has 3 aromatic heterocycles. The lowest BCUT2D eigenvalue weighted by Gasteiger charge is -2.08. The normalized spacial score (nSPS) is 11.2. The molecule has 0 unspecified atom stereocenters. The molecule has 306 valence electrons. The largest absolute Gasteiger partial charge is 0.356 e. The van der Waals surface area contributed by atoms with Gasteiger partial charge < -0.3 is 21.3 Å². The number of aryl methyl sites for hydroxylation is 4. The highest BCUT2D eigenvalue weighted by molar-refractivity contribution is 5.89. The van der Waals surface area contributed by atoms with E-state index in [-0.39, 0.29) is 11.8 Å². The summed E-state index contributed by atoms with van der Waals surface area (Å²) in [5.74, 6) is 1.39. The minimum atomic E-state index is -0.0971. The van der Waals surface area contributed by atoms with E-state index in [1.807, 2.05) is 146 Å². The zero-order valence-corrected chi connectivity index (χ0v) is 34.2. The van der Waals surface area contributed by atoms with E-state index in [1.165, 1.54) is 13.8 Å². The second kappa shape index (κ2) is 20.7. The average molecular weight is 814 g/mol. The van der Waals surface area contributed by atoms with E-state index in [0.717, 1.165) is 96.2 Å². The molecule has 0 fully saturated rings. The summed E-state index contributed by atoms with van der Waals surface area (Å²) in [4.78, 5) is 22.5. The van der Waals surface area contributed by atoms with Crippen LogP contribution in [-0.2, 0) is 35.8 Å². The maximum Gasteiger partial charge on any atom is 0.350 e. The zero-order valence-electron chi connectivity index (χ0n) is 34.2. The number of carbonyl (C=O) groups is 2. The fourth-order valence-corrected chi connectivity index (χ4v) is 6.50. The van der Waals surface area contributed by atoms with Crippen LogP contribution in [0.15, 0.2) is 185 Å². The zero-order chi connectivity index (χ0) is 42.2. The van der Waals surface area contributed by atoms with Crippen LogP contribution in [0, 0.1) is 0 Å². The van der Waals surface area contributed by atoms with Crippen LogP contribution in [0.3, 0.4) is 0 Å². The molecule has 0 aliphatic heterocycles. The van der Waals surface area contributed by atoms with Crippen molar-refractivity contribution in [1.82, 2.24) is 4.57 Å². The van der Waals surface area contributed by atoms with E-state index in [1.54, 1.807) is 0 Å². The van der Waals surface area contributed by atoms with Crippen LogP contribution >= 0.6 is 0 Å². The Balaban J connectivity index is 0.846. The number of carbonyl (C=O) groups excluding carboxylic acids is 2. The number of aromatic nitrogens is 4. The first-order chi connectivity index (χ1) is 29.8. The Bertz CT molecular complexity index is 2410. The monoisotopic (exact) mass is 813 g/mol. The van der Waals surface area contributed by atoms with Crippen molar-refractivity contribution in [1.29, 1.82) is 0 Å². The molecule has 0 spiro atoms. The summed E-state index contributed by atoms with van der Waals surface area (Å²) in [5.41, 5.74) is 6.71. The first-order valence-corrected chi connectivity index (χ1v) is 20.2. The number of pyridine rings is 2. The van der Waals surface area contributed by atoms with Crippen molar-refractivity contribution in [3.05, 3.63) is 165 Å². The van der Waals surface area contributed by atoms with Gasteiger partial charge in [0.15, 0.2) is 0 Å². The predicted octanol–water partition coefficient (Wildman–Crippen LogP) is 9.77. The Morgan fingerprint density at radius 2 is 0.918 bits per heavy atom. The Morgan fingerprint density at radius 1 is 0.492 bits per heavy atom. The molecule has 61 heavy (non-hydrogen) atoms. The Morgan fingerprint density at radius 3 is 1.38 bits per heavy atom. The van der Waals surface area contributed by atoms with Crippen LogP contribution in [0.5, 0.6) is 0 Å². The van der Waals surface area contributed by atoms with E-state index in [9.17, 15) is 9.59 Å². The van der Waals surface area contributed by atoms with E-state index in [2.05, 4.69) is 78.7 Å². The molecule has 4 N–H and O–H groups in total. The standard InChI is InChI=1S/C47H46N12O2/c1-36(60)48-38-11-15-40(16-12-38)50-42-19-23-44(24-20-42)52-54-46-9-3-5-29-58(46)31-7-27-56-33-34-57(35-56)28-8-32-59-30-6-4-10-47(59)55-53-45-25-21-43(22-26-45)51-41-17-13-39(14-18-41)49-37(2)61/h3-6,9-26,29-30,33-35H,7-8,27-28,31-32H2,1-2H3,(H-,48,49,52,53,60,61)/p+3. The van der Waals surface area contributed by atoms with Crippen molar-refractivity contribution >= 4 is 68.9 Å². The van der Waals surface area contributed by atoms with Gasteiger partial charge in [-0.1, -0.05) is 12.1 Å². The molecule has 0 bridgehead atoms.